The van der Waals surface area contributed by atoms with Crippen LogP contribution in [0.25, 0.3) is 27.2 Å². The van der Waals surface area contributed by atoms with Crippen molar-refractivity contribution in [2.24, 2.45) is 0 Å². The van der Waals surface area contributed by atoms with Gasteiger partial charge >= 0.3 is 6.03 Å². The topological polar surface area (TPSA) is 89.0 Å². The number of thiophene rings is 1. The highest BCUT2D eigenvalue weighted by Crippen LogP contribution is 2.32. The molecule has 2 N–H and O–H groups in total. The zero-order valence-electron chi connectivity index (χ0n) is 16.5. The molecule has 0 aliphatic carbocycles. The molecule has 0 fully saturated rings. The second-order valence-corrected chi connectivity index (χ2v) is 7.90. The third-order valence-electron chi connectivity index (χ3n) is 4.89. The number of hydrogen-bond donors (Lipinski definition) is 2. The van der Waals surface area contributed by atoms with Crippen molar-refractivity contribution in [3.63, 3.8) is 0 Å². The Morgan fingerprint density at radius 2 is 1.90 bits per heavy atom. The van der Waals surface area contributed by atoms with E-state index in [0.717, 1.165) is 27.9 Å². The molecule has 31 heavy (non-hydrogen) atoms. The summed E-state index contributed by atoms with van der Waals surface area (Å²) in [5.41, 5.74) is 5.32. The van der Waals surface area contributed by atoms with Crippen LogP contribution in [0.5, 0.6) is 0 Å². The van der Waals surface area contributed by atoms with Gasteiger partial charge in [0.05, 0.1) is 41.0 Å². The van der Waals surface area contributed by atoms with Crippen molar-refractivity contribution in [1.82, 2.24) is 15.0 Å². The van der Waals surface area contributed by atoms with Crippen molar-refractivity contribution < 1.29 is 9.53 Å². The molecular formula is C23H19N5O2S. The average Bonchev–Trinajstić information content (AvgIpc) is 3.29. The normalized spacial score (nSPS) is 13.6. The Kier molecular flexibility index (Phi) is 5.39. The fraction of sp³-hybridized carbons (Fsp3) is 0.130. The lowest BCUT2D eigenvalue weighted by Crippen LogP contribution is -2.19. The first-order valence-corrected chi connectivity index (χ1v) is 10.7. The van der Waals surface area contributed by atoms with Crippen LogP contribution in [0.4, 0.5) is 16.2 Å². The van der Waals surface area contributed by atoms with Gasteiger partial charge in [0, 0.05) is 17.4 Å². The van der Waals surface area contributed by atoms with E-state index in [0.29, 0.717) is 30.4 Å². The van der Waals surface area contributed by atoms with E-state index in [1.807, 2.05) is 35.7 Å². The Morgan fingerprint density at radius 3 is 2.68 bits per heavy atom. The van der Waals surface area contributed by atoms with Gasteiger partial charge in [-0.1, -0.05) is 6.08 Å². The van der Waals surface area contributed by atoms with Crippen molar-refractivity contribution in [3.05, 3.63) is 72.0 Å². The van der Waals surface area contributed by atoms with Crippen LogP contribution in [0, 0.1) is 0 Å². The number of nitrogens with zero attached hydrogens (tertiary/aromatic N) is 3. The number of ether oxygens (including phenoxy) is 1. The van der Waals surface area contributed by atoms with E-state index >= 15 is 0 Å². The Balaban J connectivity index is 1.38. The smallest absolute Gasteiger partial charge is 0.323 e. The van der Waals surface area contributed by atoms with Crippen molar-refractivity contribution >= 4 is 44.5 Å². The highest BCUT2D eigenvalue weighted by molar-refractivity contribution is 7.17. The third kappa shape index (κ3) is 4.30. The minimum Gasteiger partial charge on any atom is -0.377 e. The number of hydrogen-bond acceptors (Lipinski definition) is 6. The highest BCUT2D eigenvalue weighted by atomic mass is 32.1. The largest absolute Gasteiger partial charge is 0.377 e. The van der Waals surface area contributed by atoms with E-state index in [4.69, 9.17) is 14.7 Å². The van der Waals surface area contributed by atoms with Crippen molar-refractivity contribution in [1.29, 1.82) is 0 Å². The zero-order valence-corrected chi connectivity index (χ0v) is 17.4. The standard InChI is InChI=1S/C23H19N5O2S/c29-23(26-18-2-1-10-24-14-18)25-17-5-3-16(4-6-17)22-27-19-9-13-31-21(19)20(28-22)15-7-11-30-12-8-15/h1-7,9-10,13-14H,8,11-12H2,(H2,25,26,29). The lowest BCUT2D eigenvalue weighted by atomic mass is 10.1. The molecule has 0 saturated carbocycles. The van der Waals surface area contributed by atoms with Gasteiger partial charge in [0.15, 0.2) is 5.82 Å². The van der Waals surface area contributed by atoms with Crippen LogP contribution < -0.4 is 10.6 Å². The van der Waals surface area contributed by atoms with E-state index in [-0.39, 0.29) is 6.03 Å². The zero-order chi connectivity index (χ0) is 21.0. The molecule has 5 rings (SSSR count). The first-order valence-electron chi connectivity index (χ1n) is 9.87. The Morgan fingerprint density at radius 1 is 1.03 bits per heavy atom. The minimum atomic E-state index is -0.328. The van der Waals surface area contributed by atoms with Crippen molar-refractivity contribution in [2.75, 3.05) is 23.8 Å². The highest BCUT2D eigenvalue weighted by Gasteiger charge is 2.16. The van der Waals surface area contributed by atoms with Crippen LogP contribution in [0.15, 0.2) is 66.3 Å². The maximum Gasteiger partial charge on any atom is 0.323 e. The van der Waals surface area contributed by atoms with Crippen LogP contribution in [0.2, 0.25) is 0 Å². The van der Waals surface area contributed by atoms with Gasteiger partial charge in [-0.05, 0) is 59.8 Å². The van der Waals surface area contributed by atoms with Crippen LogP contribution in [0.3, 0.4) is 0 Å². The fourth-order valence-electron chi connectivity index (χ4n) is 3.39. The number of anilines is 2. The predicted molar refractivity (Wildman–Crippen MR) is 123 cm³/mol. The number of pyridine rings is 1. The maximum absolute atomic E-state index is 12.2. The lowest BCUT2D eigenvalue weighted by molar-refractivity contribution is 0.161. The Hall–Kier alpha value is -3.62. The number of carbonyl (C=O) groups is 1. The molecule has 0 radical (unpaired) electrons. The number of fused-ring (bicyclic) bond motifs is 1. The second-order valence-electron chi connectivity index (χ2n) is 6.98. The van der Waals surface area contributed by atoms with Gasteiger partial charge in [-0.15, -0.1) is 11.3 Å². The first-order chi connectivity index (χ1) is 15.3. The molecule has 4 aromatic rings. The monoisotopic (exact) mass is 429 g/mol. The quantitative estimate of drug-likeness (QED) is 0.465. The van der Waals surface area contributed by atoms with Crippen LogP contribution in [0.1, 0.15) is 12.1 Å². The second kappa shape index (κ2) is 8.63. The van der Waals surface area contributed by atoms with Gasteiger partial charge in [0.1, 0.15) is 0 Å². The lowest BCUT2D eigenvalue weighted by Gasteiger charge is -2.14. The predicted octanol–water partition coefficient (Wildman–Crippen LogP) is 5.20. The van der Waals surface area contributed by atoms with Crippen molar-refractivity contribution in [3.8, 4) is 11.4 Å². The molecule has 0 atom stereocenters. The number of benzene rings is 1. The summed E-state index contributed by atoms with van der Waals surface area (Å²) in [5, 5.41) is 7.60. The average molecular weight is 430 g/mol. The molecular weight excluding hydrogens is 410 g/mol. The van der Waals surface area contributed by atoms with Gasteiger partial charge in [0.2, 0.25) is 0 Å². The number of rotatable bonds is 4. The molecule has 0 spiro atoms. The molecule has 1 aliphatic rings. The SMILES string of the molecule is O=C(Nc1ccc(-c2nc(C3=CCOCC3)c3sccc3n2)cc1)Nc1cccnc1. The van der Waals surface area contributed by atoms with Gasteiger partial charge in [-0.2, -0.15) is 0 Å². The summed E-state index contributed by atoms with van der Waals surface area (Å²) in [4.78, 5) is 25.8. The van der Waals surface area contributed by atoms with E-state index in [2.05, 4.69) is 21.7 Å². The van der Waals surface area contributed by atoms with E-state index in [9.17, 15) is 4.79 Å². The number of amides is 2. The summed E-state index contributed by atoms with van der Waals surface area (Å²) in [5.74, 6) is 0.666. The molecule has 1 aliphatic heterocycles. The summed E-state index contributed by atoms with van der Waals surface area (Å²) in [6, 6.07) is 12.7. The van der Waals surface area contributed by atoms with Crippen LogP contribution in [-0.4, -0.2) is 34.2 Å². The number of aromatic nitrogens is 3. The first kappa shape index (κ1) is 19.3. The molecule has 0 unspecified atom stereocenters. The summed E-state index contributed by atoms with van der Waals surface area (Å²) in [6.07, 6.45) is 6.19. The molecule has 8 heteroatoms. The molecule has 2 amide bonds. The maximum atomic E-state index is 12.2. The minimum absolute atomic E-state index is 0.328. The fourth-order valence-corrected chi connectivity index (χ4v) is 4.24. The summed E-state index contributed by atoms with van der Waals surface area (Å²) in [7, 11) is 0. The van der Waals surface area contributed by atoms with Gasteiger partial charge in [-0.25, -0.2) is 14.8 Å². The third-order valence-corrected chi connectivity index (χ3v) is 5.80. The molecule has 7 nitrogen and oxygen atoms in total. The van der Waals surface area contributed by atoms with E-state index in [1.165, 1.54) is 5.57 Å². The number of nitrogens with one attached hydrogen (secondary N) is 2. The van der Waals surface area contributed by atoms with E-state index < -0.39 is 0 Å². The molecule has 0 bridgehead atoms. The van der Waals surface area contributed by atoms with E-state index in [1.54, 1.807) is 35.9 Å². The Bertz CT molecular complexity index is 1250. The molecule has 3 aromatic heterocycles. The summed E-state index contributed by atoms with van der Waals surface area (Å²) >= 11 is 1.66. The summed E-state index contributed by atoms with van der Waals surface area (Å²) < 4.78 is 6.55. The molecule has 1 aromatic carbocycles. The molecule has 0 saturated heterocycles. The summed E-state index contributed by atoms with van der Waals surface area (Å²) in [6.45, 7) is 1.32. The molecule has 4 heterocycles. The van der Waals surface area contributed by atoms with Gasteiger partial charge < -0.3 is 15.4 Å². The number of carbonyl (C=O) groups excluding carboxylic acids is 1. The number of urea groups is 1. The van der Waals surface area contributed by atoms with Crippen LogP contribution in [-0.2, 0) is 4.74 Å². The van der Waals surface area contributed by atoms with Gasteiger partial charge in [-0.3, -0.25) is 4.98 Å². The molecule has 154 valence electrons. The van der Waals surface area contributed by atoms with Crippen LogP contribution >= 0.6 is 11.3 Å². The Labute approximate surface area is 182 Å². The van der Waals surface area contributed by atoms with Gasteiger partial charge in [0.25, 0.3) is 0 Å². The van der Waals surface area contributed by atoms with Crippen molar-refractivity contribution in [2.45, 2.75) is 6.42 Å².